The van der Waals surface area contributed by atoms with Gasteiger partial charge in [-0.05, 0) is 12.0 Å². The van der Waals surface area contributed by atoms with Crippen molar-refractivity contribution in [2.45, 2.75) is 19.3 Å². The molecule has 1 aromatic carbocycles. The first-order valence-corrected chi connectivity index (χ1v) is 8.27. The van der Waals surface area contributed by atoms with E-state index in [-0.39, 0.29) is 5.78 Å². The van der Waals surface area contributed by atoms with Crippen molar-refractivity contribution in [3.63, 3.8) is 0 Å². The van der Waals surface area contributed by atoms with E-state index in [2.05, 4.69) is 4.98 Å². The quantitative estimate of drug-likeness (QED) is 0.671. The smallest absolute Gasteiger partial charge is 0.294 e. The van der Waals surface area contributed by atoms with Gasteiger partial charge in [-0.2, -0.15) is 4.57 Å². The third-order valence-electron chi connectivity index (χ3n) is 4.91. The summed E-state index contributed by atoms with van der Waals surface area (Å²) in [6.45, 7) is 0. The molecule has 0 fully saturated rings. The molecular weight excluding hydrogens is 318 g/mol. The zero-order valence-electron chi connectivity index (χ0n) is 14.1. The summed E-state index contributed by atoms with van der Waals surface area (Å²) in [4.78, 5) is 41.1. The zero-order valence-corrected chi connectivity index (χ0v) is 14.1. The predicted molar refractivity (Wildman–Crippen MR) is 93.7 cm³/mol. The fourth-order valence-electron chi connectivity index (χ4n) is 3.64. The number of Topliss-reactive ketones (excluding diaryl/α,β-unsaturated/α-hetero) is 1. The maximum absolute atomic E-state index is 12.9. The zero-order chi connectivity index (χ0) is 17.7. The summed E-state index contributed by atoms with van der Waals surface area (Å²) < 4.78 is 2.52. The number of carbonyl (C=O) groups is 1. The number of hydrogen-bond acceptors (Lipinski definition) is 3. The van der Waals surface area contributed by atoms with Gasteiger partial charge in [0.2, 0.25) is 0 Å². The number of carbonyl (C=O) groups excluding carboxylic acids is 1. The molecule has 0 spiro atoms. The van der Waals surface area contributed by atoms with Crippen LogP contribution in [0.3, 0.4) is 0 Å². The van der Waals surface area contributed by atoms with Gasteiger partial charge in [-0.25, -0.2) is 14.3 Å². The van der Waals surface area contributed by atoms with E-state index in [1.54, 1.807) is 7.05 Å². The Balaban J connectivity index is 2.31. The van der Waals surface area contributed by atoms with Crippen LogP contribution in [0.25, 0.3) is 22.2 Å². The van der Waals surface area contributed by atoms with Gasteiger partial charge in [0.1, 0.15) is 11.1 Å². The molecular formula is C19H18N3O3+. The second-order valence-corrected chi connectivity index (χ2v) is 6.43. The highest BCUT2D eigenvalue weighted by molar-refractivity contribution is 6.09. The van der Waals surface area contributed by atoms with Gasteiger partial charge in [0.25, 0.3) is 11.2 Å². The van der Waals surface area contributed by atoms with Gasteiger partial charge in [0, 0.05) is 25.5 Å². The summed E-state index contributed by atoms with van der Waals surface area (Å²) in [6, 6.07) is 9.43. The van der Waals surface area contributed by atoms with E-state index in [1.165, 1.54) is 11.6 Å². The average molecular weight is 336 g/mol. The van der Waals surface area contributed by atoms with Gasteiger partial charge < -0.3 is 0 Å². The van der Waals surface area contributed by atoms with Crippen molar-refractivity contribution in [1.82, 2.24) is 9.13 Å². The molecule has 1 aliphatic rings. The lowest BCUT2D eigenvalue weighted by molar-refractivity contribution is -0.363. The Bertz CT molecular complexity index is 1140. The first-order chi connectivity index (χ1) is 12.0. The maximum Gasteiger partial charge on any atom is 0.417 e. The van der Waals surface area contributed by atoms with Crippen LogP contribution in [0.2, 0.25) is 0 Å². The molecule has 1 N–H and O–H groups in total. The van der Waals surface area contributed by atoms with Crippen LogP contribution in [0, 0.1) is 0 Å². The average Bonchev–Trinajstić information content (AvgIpc) is 2.64. The van der Waals surface area contributed by atoms with E-state index in [1.807, 2.05) is 30.3 Å². The molecule has 1 aliphatic carbocycles. The monoisotopic (exact) mass is 336 g/mol. The summed E-state index contributed by atoms with van der Waals surface area (Å²) in [6.07, 6.45) is 1.96. The minimum absolute atomic E-state index is 0.0363. The Kier molecular flexibility index (Phi) is 3.42. The van der Waals surface area contributed by atoms with Crippen molar-refractivity contribution < 1.29 is 9.78 Å². The van der Waals surface area contributed by atoms with Crippen molar-refractivity contribution in [2.24, 2.45) is 14.1 Å². The molecule has 0 bridgehead atoms. The third kappa shape index (κ3) is 2.17. The van der Waals surface area contributed by atoms with E-state index in [0.29, 0.717) is 28.6 Å². The lowest BCUT2D eigenvalue weighted by atomic mass is 9.86. The molecule has 0 amide bonds. The Hall–Kier alpha value is -3.02. The lowest BCUT2D eigenvalue weighted by Crippen LogP contribution is -2.41. The molecule has 6 heteroatoms. The number of ketones is 1. The molecule has 126 valence electrons. The van der Waals surface area contributed by atoms with Crippen molar-refractivity contribution in [2.75, 3.05) is 0 Å². The molecule has 0 radical (unpaired) electrons. The molecule has 0 aliphatic heterocycles. The highest BCUT2D eigenvalue weighted by Crippen LogP contribution is 2.33. The summed E-state index contributed by atoms with van der Waals surface area (Å²) in [5.41, 5.74) is 2.49. The van der Waals surface area contributed by atoms with Crippen LogP contribution >= 0.6 is 0 Å². The van der Waals surface area contributed by atoms with Crippen LogP contribution in [-0.2, 0) is 20.5 Å². The molecule has 0 saturated carbocycles. The molecule has 25 heavy (non-hydrogen) atoms. The number of fused-ring (bicyclic) bond motifs is 2. The minimum atomic E-state index is -0.394. The van der Waals surface area contributed by atoms with Crippen LogP contribution in [0.15, 0.2) is 39.9 Å². The van der Waals surface area contributed by atoms with Gasteiger partial charge in [-0.1, -0.05) is 30.3 Å². The summed E-state index contributed by atoms with van der Waals surface area (Å²) in [5, 5.41) is 0.379. The van der Waals surface area contributed by atoms with Gasteiger partial charge in [0.15, 0.2) is 5.78 Å². The van der Waals surface area contributed by atoms with Gasteiger partial charge in [-0.15, -0.1) is 0 Å². The number of aromatic amines is 1. The normalized spacial score (nSPS) is 13.9. The van der Waals surface area contributed by atoms with Crippen molar-refractivity contribution in [3.05, 3.63) is 62.4 Å². The largest absolute Gasteiger partial charge is 0.417 e. The fraction of sp³-hybridized carbons (Fsp3) is 0.263. The number of aryl methyl sites for hydroxylation is 2. The first kappa shape index (κ1) is 15.5. The standard InChI is InChI=1S/C19H17N3O3/c1-21-17-16(18(24)22(2)19(21)25)14(11-7-4-3-5-8-11)15-12(20-17)9-6-10-13(15)23/h3-5,7-8H,6,9-10H2,1-2H3/p+1. The third-order valence-corrected chi connectivity index (χ3v) is 4.91. The van der Waals surface area contributed by atoms with Crippen LogP contribution in [0.4, 0.5) is 0 Å². The van der Waals surface area contributed by atoms with E-state index in [0.717, 1.165) is 28.7 Å². The van der Waals surface area contributed by atoms with Crippen molar-refractivity contribution >= 4 is 16.8 Å². The highest BCUT2D eigenvalue weighted by atomic mass is 16.2. The van der Waals surface area contributed by atoms with Crippen molar-refractivity contribution in [3.8, 4) is 11.1 Å². The van der Waals surface area contributed by atoms with E-state index in [4.69, 9.17) is 0 Å². The summed E-state index contributed by atoms with van der Waals surface area (Å²) in [5.74, 6) is 0.0363. The Labute approximate surface area is 143 Å². The molecule has 4 rings (SSSR count). The Morgan fingerprint density at radius 2 is 1.64 bits per heavy atom. The van der Waals surface area contributed by atoms with Crippen LogP contribution < -0.4 is 16.2 Å². The van der Waals surface area contributed by atoms with Crippen molar-refractivity contribution in [1.29, 1.82) is 0 Å². The number of nitrogens with one attached hydrogen (secondary N) is 1. The van der Waals surface area contributed by atoms with Gasteiger partial charge in [0.05, 0.1) is 12.6 Å². The van der Waals surface area contributed by atoms with Crippen LogP contribution in [0.5, 0.6) is 0 Å². The predicted octanol–water partition coefficient (Wildman–Crippen LogP) is 1.24. The van der Waals surface area contributed by atoms with Crippen LogP contribution in [-0.4, -0.2) is 14.9 Å². The summed E-state index contributed by atoms with van der Waals surface area (Å²) >= 11 is 0. The van der Waals surface area contributed by atoms with E-state index < -0.39 is 11.2 Å². The first-order valence-electron chi connectivity index (χ1n) is 8.27. The van der Waals surface area contributed by atoms with E-state index in [9.17, 15) is 14.4 Å². The van der Waals surface area contributed by atoms with Gasteiger partial charge >= 0.3 is 5.69 Å². The molecule has 0 unspecified atom stereocenters. The molecule has 6 nitrogen and oxygen atoms in total. The molecule has 2 aromatic heterocycles. The molecule has 0 atom stereocenters. The number of rotatable bonds is 1. The van der Waals surface area contributed by atoms with E-state index >= 15 is 0 Å². The van der Waals surface area contributed by atoms with Gasteiger partial charge in [-0.3, -0.25) is 9.59 Å². The Morgan fingerprint density at radius 1 is 0.920 bits per heavy atom. The number of nitrogens with zero attached hydrogens (tertiary/aromatic N) is 2. The number of H-pyrrole nitrogens is 1. The molecule has 0 saturated heterocycles. The fourth-order valence-corrected chi connectivity index (χ4v) is 3.64. The number of pyridine rings is 1. The molecule has 2 heterocycles. The minimum Gasteiger partial charge on any atom is -0.294 e. The lowest BCUT2D eigenvalue weighted by Gasteiger charge is -2.18. The number of hydrogen-bond donors (Lipinski definition) is 0. The molecule has 3 aromatic rings. The Morgan fingerprint density at radius 3 is 2.36 bits per heavy atom. The number of aromatic nitrogens is 3. The van der Waals surface area contributed by atoms with Crippen LogP contribution in [0.1, 0.15) is 28.9 Å². The number of benzene rings is 1. The highest BCUT2D eigenvalue weighted by Gasteiger charge is 2.31. The summed E-state index contributed by atoms with van der Waals surface area (Å²) in [7, 11) is 3.09. The second kappa shape index (κ2) is 5.51. The topological polar surface area (TPSA) is 75.2 Å². The second-order valence-electron chi connectivity index (χ2n) is 6.43. The SMILES string of the molecule is Cn1c(=O)c2c(-c3ccccc3)c3c([nH+]c2n(C)c1=O)CCCC3=O. The maximum atomic E-state index is 12.9.